The Morgan fingerprint density at radius 3 is 2.63 bits per heavy atom. The van der Waals surface area contributed by atoms with Crippen molar-refractivity contribution in [3.8, 4) is 5.75 Å². The van der Waals surface area contributed by atoms with Gasteiger partial charge in [0.2, 0.25) is 0 Å². The summed E-state index contributed by atoms with van der Waals surface area (Å²) in [6.45, 7) is 12.1. The molecule has 0 unspecified atom stereocenters. The summed E-state index contributed by atoms with van der Waals surface area (Å²) >= 11 is 0. The van der Waals surface area contributed by atoms with E-state index in [1.807, 2.05) is 6.07 Å². The summed E-state index contributed by atoms with van der Waals surface area (Å²) < 4.78 is 11.2. The molecule has 0 atom stereocenters. The number of nitrogens with zero attached hydrogens (tertiary/aromatic N) is 1. The highest BCUT2D eigenvalue weighted by Gasteiger charge is 2.14. The quantitative estimate of drug-likeness (QED) is 0.833. The highest BCUT2D eigenvalue weighted by Crippen LogP contribution is 2.25. The summed E-state index contributed by atoms with van der Waals surface area (Å²) in [5, 5.41) is 0. The molecule has 19 heavy (non-hydrogen) atoms. The van der Waals surface area contributed by atoms with Crippen molar-refractivity contribution >= 4 is 0 Å². The molecule has 1 fully saturated rings. The van der Waals surface area contributed by atoms with Crippen molar-refractivity contribution in [3.63, 3.8) is 0 Å². The van der Waals surface area contributed by atoms with Crippen molar-refractivity contribution in [2.24, 2.45) is 0 Å². The minimum Gasteiger partial charge on any atom is -0.492 e. The Balaban J connectivity index is 1.82. The third-order valence-corrected chi connectivity index (χ3v) is 3.48. The molecule has 1 aliphatic heterocycles. The Morgan fingerprint density at radius 2 is 1.95 bits per heavy atom. The molecule has 0 spiro atoms. The molecule has 1 aromatic rings. The zero-order valence-electron chi connectivity index (χ0n) is 12.3. The maximum atomic E-state index is 5.86. The average Bonchev–Trinajstić information content (AvgIpc) is 2.39. The van der Waals surface area contributed by atoms with E-state index in [9.17, 15) is 0 Å². The molecule has 1 heterocycles. The van der Waals surface area contributed by atoms with Crippen LogP contribution >= 0.6 is 0 Å². The molecule has 0 bridgehead atoms. The number of ether oxygens (including phenoxy) is 2. The van der Waals surface area contributed by atoms with E-state index in [1.54, 1.807) is 0 Å². The van der Waals surface area contributed by atoms with Gasteiger partial charge in [0.05, 0.1) is 13.2 Å². The zero-order valence-corrected chi connectivity index (χ0v) is 12.3. The van der Waals surface area contributed by atoms with Crippen LogP contribution in [-0.4, -0.2) is 44.4 Å². The van der Waals surface area contributed by atoms with Gasteiger partial charge < -0.3 is 9.47 Å². The molecule has 106 valence electrons. The highest BCUT2D eigenvalue weighted by atomic mass is 16.5. The van der Waals surface area contributed by atoms with Gasteiger partial charge in [-0.15, -0.1) is 0 Å². The Bertz CT molecular complexity index is 392. The summed E-state index contributed by atoms with van der Waals surface area (Å²) in [6.07, 6.45) is 0. The lowest BCUT2D eigenvalue weighted by atomic mass is 9.87. The second kappa shape index (κ2) is 6.40. The summed E-state index contributed by atoms with van der Waals surface area (Å²) in [4.78, 5) is 2.39. The minimum absolute atomic E-state index is 0.170. The van der Waals surface area contributed by atoms with Crippen LogP contribution in [0.25, 0.3) is 0 Å². The highest BCUT2D eigenvalue weighted by molar-refractivity contribution is 5.32. The first-order valence-corrected chi connectivity index (χ1v) is 7.09. The van der Waals surface area contributed by atoms with E-state index in [2.05, 4.69) is 43.9 Å². The smallest absolute Gasteiger partial charge is 0.119 e. The van der Waals surface area contributed by atoms with E-state index in [1.165, 1.54) is 5.56 Å². The third-order valence-electron chi connectivity index (χ3n) is 3.48. The van der Waals surface area contributed by atoms with Crippen molar-refractivity contribution in [3.05, 3.63) is 29.8 Å². The van der Waals surface area contributed by atoms with Crippen molar-refractivity contribution < 1.29 is 9.47 Å². The van der Waals surface area contributed by atoms with Crippen molar-refractivity contribution in [2.75, 3.05) is 39.5 Å². The van der Waals surface area contributed by atoms with Gasteiger partial charge in [-0.2, -0.15) is 0 Å². The Hall–Kier alpha value is -1.06. The van der Waals surface area contributed by atoms with Crippen LogP contribution in [0.2, 0.25) is 0 Å². The maximum Gasteiger partial charge on any atom is 0.119 e. The van der Waals surface area contributed by atoms with Crippen LogP contribution in [-0.2, 0) is 10.2 Å². The van der Waals surface area contributed by atoms with E-state index in [0.29, 0.717) is 0 Å². The predicted molar refractivity (Wildman–Crippen MR) is 77.9 cm³/mol. The van der Waals surface area contributed by atoms with Gasteiger partial charge in [-0.25, -0.2) is 0 Å². The molecule has 0 N–H and O–H groups in total. The largest absolute Gasteiger partial charge is 0.492 e. The van der Waals surface area contributed by atoms with E-state index in [4.69, 9.17) is 9.47 Å². The topological polar surface area (TPSA) is 21.7 Å². The van der Waals surface area contributed by atoms with E-state index < -0.39 is 0 Å². The molecular weight excluding hydrogens is 238 g/mol. The zero-order chi connectivity index (χ0) is 13.7. The molecule has 3 nitrogen and oxygen atoms in total. The SMILES string of the molecule is CC(C)(C)c1cccc(OCCN2CCOCC2)c1. The lowest BCUT2D eigenvalue weighted by Crippen LogP contribution is -2.38. The van der Waals surface area contributed by atoms with Gasteiger partial charge in [-0.3, -0.25) is 4.90 Å². The third kappa shape index (κ3) is 4.51. The fourth-order valence-electron chi connectivity index (χ4n) is 2.17. The molecular formula is C16H25NO2. The number of hydrogen-bond donors (Lipinski definition) is 0. The normalized spacial score (nSPS) is 17.4. The van der Waals surface area contributed by atoms with Crippen LogP contribution in [0.1, 0.15) is 26.3 Å². The Morgan fingerprint density at radius 1 is 1.21 bits per heavy atom. The first-order valence-electron chi connectivity index (χ1n) is 7.09. The van der Waals surface area contributed by atoms with Gasteiger partial charge in [0.25, 0.3) is 0 Å². The van der Waals surface area contributed by atoms with Crippen molar-refractivity contribution in [2.45, 2.75) is 26.2 Å². The van der Waals surface area contributed by atoms with Crippen LogP contribution < -0.4 is 4.74 Å². The van der Waals surface area contributed by atoms with E-state index >= 15 is 0 Å². The second-order valence-electron chi connectivity index (χ2n) is 6.08. The summed E-state index contributed by atoms with van der Waals surface area (Å²) in [7, 11) is 0. The number of morpholine rings is 1. The molecule has 0 radical (unpaired) electrons. The molecule has 1 aliphatic rings. The second-order valence-corrected chi connectivity index (χ2v) is 6.08. The van der Waals surface area contributed by atoms with Gasteiger partial charge in [-0.1, -0.05) is 32.9 Å². The van der Waals surface area contributed by atoms with E-state index in [0.717, 1.165) is 45.2 Å². The van der Waals surface area contributed by atoms with Gasteiger partial charge in [0, 0.05) is 19.6 Å². The monoisotopic (exact) mass is 263 g/mol. The van der Waals surface area contributed by atoms with Crippen molar-refractivity contribution in [1.82, 2.24) is 4.90 Å². The molecule has 0 aliphatic carbocycles. The average molecular weight is 263 g/mol. The lowest BCUT2D eigenvalue weighted by molar-refractivity contribution is 0.0322. The molecule has 0 saturated carbocycles. The molecule has 0 aromatic heterocycles. The lowest BCUT2D eigenvalue weighted by Gasteiger charge is -2.26. The first-order chi connectivity index (χ1) is 9.05. The van der Waals surface area contributed by atoms with Gasteiger partial charge >= 0.3 is 0 Å². The van der Waals surface area contributed by atoms with Crippen molar-refractivity contribution in [1.29, 1.82) is 0 Å². The van der Waals surface area contributed by atoms with Gasteiger partial charge in [-0.05, 0) is 23.1 Å². The number of rotatable bonds is 4. The summed E-state index contributed by atoms with van der Waals surface area (Å²) in [5.74, 6) is 0.973. The number of benzene rings is 1. The molecule has 2 rings (SSSR count). The minimum atomic E-state index is 0.170. The standard InChI is InChI=1S/C16H25NO2/c1-16(2,3)14-5-4-6-15(13-14)19-12-9-17-7-10-18-11-8-17/h4-6,13H,7-12H2,1-3H3. The van der Waals surface area contributed by atoms with Gasteiger partial charge in [0.15, 0.2) is 0 Å². The fraction of sp³-hybridized carbons (Fsp3) is 0.625. The van der Waals surface area contributed by atoms with Gasteiger partial charge in [0.1, 0.15) is 12.4 Å². The summed E-state index contributed by atoms with van der Waals surface area (Å²) in [5.41, 5.74) is 1.49. The van der Waals surface area contributed by atoms with Crippen LogP contribution in [0.15, 0.2) is 24.3 Å². The maximum absolute atomic E-state index is 5.86. The molecule has 3 heteroatoms. The molecule has 0 amide bonds. The van der Waals surface area contributed by atoms with Crippen LogP contribution in [0.5, 0.6) is 5.75 Å². The molecule has 1 saturated heterocycles. The van der Waals surface area contributed by atoms with Crippen LogP contribution in [0.4, 0.5) is 0 Å². The Kier molecular flexibility index (Phi) is 4.83. The van der Waals surface area contributed by atoms with Crippen LogP contribution in [0, 0.1) is 0 Å². The number of hydrogen-bond acceptors (Lipinski definition) is 3. The Labute approximate surface area is 116 Å². The van der Waals surface area contributed by atoms with E-state index in [-0.39, 0.29) is 5.41 Å². The first kappa shape index (κ1) is 14.4. The predicted octanol–water partition coefficient (Wildman–Crippen LogP) is 2.70. The summed E-state index contributed by atoms with van der Waals surface area (Å²) in [6, 6.07) is 8.42. The fourth-order valence-corrected chi connectivity index (χ4v) is 2.17. The molecule has 1 aromatic carbocycles. The van der Waals surface area contributed by atoms with Crippen LogP contribution in [0.3, 0.4) is 0 Å².